The number of rotatable bonds is 2. The zero-order chi connectivity index (χ0) is 20.1. The minimum atomic E-state index is -1.04. The summed E-state index contributed by atoms with van der Waals surface area (Å²) in [5.41, 5.74) is 1.01. The topological polar surface area (TPSA) is 86.7 Å². The van der Waals surface area contributed by atoms with Crippen molar-refractivity contribution >= 4 is 46.7 Å². The summed E-state index contributed by atoms with van der Waals surface area (Å²) in [6.07, 6.45) is 0.817. The van der Waals surface area contributed by atoms with Gasteiger partial charge < -0.3 is 15.3 Å². The molecule has 1 spiro atoms. The standard InChI is InChI=1S/C20H16Cl2N2O4/c21-12-2-3-13(15(22)10-12)17(25)24-7-5-20(6-8-24)14-9-11(18(26)27)1-4-16(14)23-19(20)28/h1-4,9-10H,5-8H2,(H,23,28)(H,26,27). The number of carboxylic acids is 1. The van der Waals surface area contributed by atoms with Crippen molar-refractivity contribution in [2.24, 2.45) is 0 Å². The van der Waals surface area contributed by atoms with Gasteiger partial charge >= 0.3 is 5.97 Å². The molecular weight excluding hydrogens is 403 g/mol. The number of carbonyl (C=O) groups is 3. The minimum absolute atomic E-state index is 0.140. The summed E-state index contributed by atoms with van der Waals surface area (Å²) < 4.78 is 0. The number of piperidine rings is 1. The van der Waals surface area contributed by atoms with Gasteiger partial charge in [-0.1, -0.05) is 23.2 Å². The second-order valence-corrected chi connectivity index (χ2v) is 7.86. The molecule has 6 nitrogen and oxygen atoms in total. The molecule has 1 fully saturated rings. The molecule has 0 radical (unpaired) electrons. The van der Waals surface area contributed by atoms with Gasteiger partial charge in [0.1, 0.15) is 0 Å². The zero-order valence-electron chi connectivity index (χ0n) is 14.7. The predicted octanol–water partition coefficient (Wildman–Crippen LogP) is 3.82. The van der Waals surface area contributed by atoms with Gasteiger partial charge in [0.05, 0.1) is 21.6 Å². The lowest BCUT2D eigenvalue weighted by Gasteiger charge is -2.38. The fourth-order valence-electron chi connectivity index (χ4n) is 3.97. The number of nitrogens with zero attached hydrogens (tertiary/aromatic N) is 1. The molecule has 0 atom stereocenters. The predicted molar refractivity (Wildman–Crippen MR) is 105 cm³/mol. The molecule has 1 saturated heterocycles. The van der Waals surface area contributed by atoms with Gasteiger partial charge in [-0.2, -0.15) is 0 Å². The number of carbonyl (C=O) groups excluding carboxylic acids is 2. The lowest BCUT2D eigenvalue weighted by molar-refractivity contribution is -0.122. The Labute approximate surface area is 171 Å². The molecule has 0 unspecified atom stereocenters. The Morgan fingerprint density at radius 1 is 1.07 bits per heavy atom. The van der Waals surface area contributed by atoms with Crippen molar-refractivity contribution < 1.29 is 19.5 Å². The van der Waals surface area contributed by atoms with Crippen LogP contribution in [0.15, 0.2) is 36.4 Å². The average Bonchev–Trinajstić information content (AvgIpc) is 2.93. The van der Waals surface area contributed by atoms with Crippen LogP contribution in [0.2, 0.25) is 10.0 Å². The van der Waals surface area contributed by atoms with Crippen LogP contribution >= 0.6 is 23.2 Å². The molecule has 2 aliphatic rings. The second-order valence-electron chi connectivity index (χ2n) is 7.02. The van der Waals surface area contributed by atoms with Crippen LogP contribution in [0.25, 0.3) is 0 Å². The van der Waals surface area contributed by atoms with Gasteiger partial charge in [-0.15, -0.1) is 0 Å². The summed E-state index contributed by atoms with van der Waals surface area (Å²) in [6.45, 7) is 0.726. The van der Waals surface area contributed by atoms with Crippen LogP contribution in [0.5, 0.6) is 0 Å². The molecular formula is C20H16Cl2N2O4. The van der Waals surface area contributed by atoms with Crippen LogP contribution in [0.3, 0.4) is 0 Å². The highest BCUT2D eigenvalue weighted by Crippen LogP contribution is 2.45. The van der Waals surface area contributed by atoms with Crippen molar-refractivity contribution in [1.82, 2.24) is 4.90 Å². The first kappa shape index (κ1) is 18.8. The Hall–Kier alpha value is -2.57. The number of halogens is 2. The van der Waals surface area contributed by atoms with E-state index in [9.17, 15) is 19.5 Å². The zero-order valence-corrected chi connectivity index (χ0v) is 16.2. The molecule has 0 aliphatic carbocycles. The molecule has 2 amide bonds. The van der Waals surface area contributed by atoms with Crippen molar-refractivity contribution in [2.75, 3.05) is 18.4 Å². The quantitative estimate of drug-likeness (QED) is 0.775. The molecule has 2 aliphatic heterocycles. The molecule has 0 bridgehead atoms. The van der Waals surface area contributed by atoms with E-state index in [-0.39, 0.29) is 22.4 Å². The van der Waals surface area contributed by atoms with Crippen molar-refractivity contribution in [1.29, 1.82) is 0 Å². The highest BCUT2D eigenvalue weighted by Gasteiger charge is 2.49. The Bertz CT molecular complexity index is 1010. The molecule has 0 saturated carbocycles. The van der Waals surface area contributed by atoms with Gasteiger partial charge in [0.2, 0.25) is 5.91 Å². The first-order valence-corrected chi connectivity index (χ1v) is 9.51. The third-order valence-electron chi connectivity index (χ3n) is 5.53. The number of fused-ring (bicyclic) bond motifs is 2. The van der Waals surface area contributed by atoms with E-state index in [4.69, 9.17) is 23.2 Å². The molecule has 0 aromatic heterocycles. The molecule has 4 rings (SSSR count). The molecule has 2 aromatic rings. The Morgan fingerprint density at radius 3 is 2.43 bits per heavy atom. The van der Waals surface area contributed by atoms with E-state index in [1.165, 1.54) is 12.1 Å². The SMILES string of the molecule is O=C(O)c1ccc2c(c1)C1(CCN(C(=O)c3ccc(Cl)cc3Cl)CC1)C(=O)N2. The maximum absolute atomic E-state index is 12.8. The third kappa shape index (κ3) is 2.93. The smallest absolute Gasteiger partial charge is 0.335 e. The molecule has 144 valence electrons. The van der Waals surface area contributed by atoms with Gasteiger partial charge in [0.25, 0.3) is 5.91 Å². The number of benzene rings is 2. The highest BCUT2D eigenvalue weighted by atomic mass is 35.5. The van der Waals surface area contributed by atoms with Crippen molar-refractivity contribution in [3.8, 4) is 0 Å². The average molecular weight is 419 g/mol. The van der Waals surface area contributed by atoms with Crippen LogP contribution < -0.4 is 5.32 Å². The number of likely N-dealkylation sites (tertiary alicyclic amines) is 1. The number of amides is 2. The van der Waals surface area contributed by atoms with Crippen LogP contribution in [-0.2, 0) is 10.2 Å². The number of aromatic carboxylic acids is 1. The fraction of sp³-hybridized carbons (Fsp3) is 0.250. The third-order valence-corrected chi connectivity index (χ3v) is 6.08. The van der Waals surface area contributed by atoms with Crippen molar-refractivity contribution in [3.63, 3.8) is 0 Å². The normalized spacial score (nSPS) is 17.4. The van der Waals surface area contributed by atoms with Crippen molar-refractivity contribution in [2.45, 2.75) is 18.3 Å². The van der Waals surface area contributed by atoms with E-state index in [1.807, 2.05) is 0 Å². The van der Waals surface area contributed by atoms with Crippen LogP contribution in [0.1, 0.15) is 39.1 Å². The number of hydrogen-bond acceptors (Lipinski definition) is 3. The summed E-state index contributed by atoms with van der Waals surface area (Å²) in [4.78, 5) is 38.5. The van der Waals surface area contributed by atoms with Crippen LogP contribution in [0.4, 0.5) is 5.69 Å². The maximum Gasteiger partial charge on any atom is 0.335 e. The molecule has 2 N–H and O–H groups in total. The molecule has 2 heterocycles. The number of carboxylic acid groups (broad SMARTS) is 1. The first-order chi connectivity index (χ1) is 13.3. The lowest BCUT2D eigenvalue weighted by atomic mass is 9.73. The number of hydrogen-bond donors (Lipinski definition) is 2. The first-order valence-electron chi connectivity index (χ1n) is 8.75. The second kappa shape index (κ2) is 6.79. The maximum atomic E-state index is 12.8. The Morgan fingerprint density at radius 2 is 1.79 bits per heavy atom. The van der Waals surface area contributed by atoms with Gasteiger partial charge in [-0.25, -0.2) is 4.79 Å². The van der Waals surface area contributed by atoms with Gasteiger partial charge in [0, 0.05) is 23.8 Å². The minimum Gasteiger partial charge on any atom is -0.478 e. The molecule has 2 aromatic carbocycles. The van der Waals surface area contributed by atoms with Crippen LogP contribution in [0, 0.1) is 0 Å². The Kier molecular flexibility index (Phi) is 4.56. The van der Waals surface area contributed by atoms with E-state index in [0.29, 0.717) is 47.8 Å². The van der Waals surface area contributed by atoms with Crippen LogP contribution in [-0.4, -0.2) is 40.9 Å². The number of nitrogens with one attached hydrogen (secondary N) is 1. The van der Waals surface area contributed by atoms with E-state index in [2.05, 4.69) is 5.32 Å². The van der Waals surface area contributed by atoms with Gasteiger partial charge in [-0.05, 0) is 54.8 Å². The van der Waals surface area contributed by atoms with E-state index in [0.717, 1.165) is 0 Å². The van der Waals surface area contributed by atoms with E-state index >= 15 is 0 Å². The highest BCUT2D eigenvalue weighted by molar-refractivity contribution is 6.36. The van der Waals surface area contributed by atoms with E-state index < -0.39 is 11.4 Å². The molecule has 28 heavy (non-hydrogen) atoms. The summed E-state index contributed by atoms with van der Waals surface area (Å²) >= 11 is 12.0. The summed E-state index contributed by atoms with van der Waals surface area (Å²) in [5.74, 6) is -1.40. The largest absolute Gasteiger partial charge is 0.478 e. The summed E-state index contributed by atoms with van der Waals surface area (Å²) in [6, 6.07) is 9.38. The monoisotopic (exact) mass is 418 g/mol. The van der Waals surface area contributed by atoms with E-state index in [1.54, 1.807) is 29.2 Å². The lowest BCUT2D eigenvalue weighted by Crippen LogP contribution is -2.48. The van der Waals surface area contributed by atoms with Gasteiger partial charge in [-0.3, -0.25) is 9.59 Å². The number of anilines is 1. The summed E-state index contributed by atoms with van der Waals surface area (Å²) in [5, 5.41) is 12.9. The molecule has 8 heteroatoms. The fourth-order valence-corrected chi connectivity index (χ4v) is 4.46. The summed E-state index contributed by atoms with van der Waals surface area (Å²) in [7, 11) is 0. The van der Waals surface area contributed by atoms with Gasteiger partial charge in [0.15, 0.2) is 0 Å². The Balaban J connectivity index is 1.59. The van der Waals surface area contributed by atoms with Crippen molar-refractivity contribution in [3.05, 3.63) is 63.1 Å².